The van der Waals surface area contributed by atoms with Crippen LogP contribution in [0.2, 0.25) is 0 Å². The summed E-state index contributed by atoms with van der Waals surface area (Å²) in [6.07, 6.45) is 1.83. The first kappa shape index (κ1) is 12.0. The first-order valence-electron chi connectivity index (χ1n) is 5.30. The Morgan fingerprint density at radius 2 is 1.67 bits per heavy atom. The van der Waals surface area contributed by atoms with Crippen LogP contribution < -0.4 is 5.32 Å². The molecular formula is C12H21N3. The van der Waals surface area contributed by atoms with E-state index >= 15 is 0 Å². The van der Waals surface area contributed by atoms with E-state index in [1.165, 1.54) is 5.56 Å². The Morgan fingerprint density at radius 1 is 1.07 bits per heavy atom. The number of hydrogen-bond acceptors (Lipinski definition) is 3. The highest BCUT2D eigenvalue weighted by molar-refractivity contribution is 5.39. The lowest BCUT2D eigenvalue weighted by Gasteiger charge is -2.23. The first-order chi connectivity index (χ1) is 6.68. The second kappa shape index (κ2) is 3.80. The normalized spacial score (nSPS) is 12.7. The highest BCUT2D eigenvalue weighted by Crippen LogP contribution is 2.23. The highest BCUT2D eigenvalue weighted by Gasteiger charge is 2.16. The van der Waals surface area contributed by atoms with Gasteiger partial charge in [0.05, 0.1) is 6.20 Å². The van der Waals surface area contributed by atoms with Crippen LogP contribution in [0.1, 0.15) is 47.1 Å². The predicted molar refractivity (Wildman–Crippen MR) is 64.1 cm³/mol. The summed E-state index contributed by atoms with van der Waals surface area (Å²) in [5, 5.41) is 11.4. The third kappa shape index (κ3) is 3.86. The van der Waals surface area contributed by atoms with Crippen LogP contribution >= 0.6 is 0 Å². The van der Waals surface area contributed by atoms with Crippen LogP contribution in [0.3, 0.4) is 0 Å². The average molecular weight is 207 g/mol. The second-order valence-corrected chi connectivity index (χ2v) is 5.95. The fourth-order valence-corrected chi connectivity index (χ4v) is 1.22. The third-order valence-electron chi connectivity index (χ3n) is 2.02. The van der Waals surface area contributed by atoms with Gasteiger partial charge in [-0.2, -0.15) is 5.10 Å². The summed E-state index contributed by atoms with van der Waals surface area (Å²) in [5.41, 5.74) is 1.33. The van der Waals surface area contributed by atoms with Gasteiger partial charge in [-0.05, 0) is 37.8 Å². The number of nitrogens with zero attached hydrogens (tertiary/aromatic N) is 2. The van der Waals surface area contributed by atoms with Gasteiger partial charge < -0.3 is 5.32 Å². The first-order valence-corrected chi connectivity index (χ1v) is 5.30. The summed E-state index contributed by atoms with van der Waals surface area (Å²) in [6, 6.07) is 2.07. The fourth-order valence-electron chi connectivity index (χ4n) is 1.22. The third-order valence-corrected chi connectivity index (χ3v) is 2.02. The van der Waals surface area contributed by atoms with Gasteiger partial charge in [-0.25, -0.2) is 0 Å². The van der Waals surface area contributed by atoms with Gasteiger partial charge in [0.25, 0.3) is 0 Å². The van der Waals surface area contributed by atoms with E-state index in [0.29, 0.717) is 0 Å². The summed E-state index contributed by atoms with van der Waals surface area (Å²) in [5.74, 6) is 0.843. The molecule has 15 heavy (non-hydrogen) atoms. The molecule has 0 saturated carbocycles. The molecular weight excluding hydrogens is 186 g/mol. The van der Waals surface area contributed by atoms with E-state index in [9.17, 15) is 0 Å². The molecule has 0 fully saturated rings. The Morgan fingerprint density at radius 3 is 2.13 bits per heavy atom. The molecule has 0 amide bonds. The summed E-state index contributed by atoms with van der Waals surface area (Å²) in [6.45, 7) is 12.8. The lowest BCUT2D eigenvalue weighted by Crippen LogP contribution is -2.27. The lowest BCUT2D eigenvalue weighted by atomic mass is 9.88. The number of rotatable bonds is 1. The minimum absolute atomic E-state index is 0.0190. The molecule has 0 aliphatic carbocycles. The minimum Gasteiger partial charge on any atom is -0.364 e. The SMILES string of the molecule is CC(C)(C)Nc1cc(C(C)(C)C)cnn1. The van der Waals surface area contributed by atoms with E-state index in [-0.39, 0.29) is 11.0 Å². The maximum atomic E-state index is 4.08. The molecule has 3 nitrogen and oxygen atoms in total. The quantitative estimate of drug-likeness (QED) is 0.769. The van der Waals surface area contributed by atoms with Gasteiger partial charge >= 0.3 is 0 Å². The molecule has 0 radical (unpaired) electrons. The Kier molecular flexibility index (Phi) is 3.03. The van der Waals surface area contributed by atoms with E-state index in [1.807, 2.05) is 6.20 Å². The second-order valence-electron chi connectivity index (χ2n) is 5.95. The van der Waals surface area contributed by atoms with Crippen molar-refractivity contribution in [1.29, 1.82) is 0 Å². The van der Waals surface area contributed by atoms with Crippen molar-refractivity contribution in [2.24, 2.45) is 0 Å². The fraction of sp³-hybridized carbons (Fsp3) is 0.667. The van der Waals surface area contributed by atoms with Gasteiger partial charge in [0.1, 0.15) is 5.82 Å². The van der Waals surface area contributed by atoms with Crippen molar-refractivity contribution in [3.63, 3.8) is 0 Å². The maximum Gasteiger partial charge on any atom is 0.149 e. The standard InChI is InChI=1S/C12H21N3/c1-11(2,3)9-7-10(15-13-8-9)14-12(4,5)6/h7-8H,1-6H3,(H,14,15). The minimum atomic E-state index is 0.0190. The molecule has 0 bridgehead atoms. The summed E-state index contributed by atoms with van der Waals surface area (Å²) in [7, 11) is 0. The van der Waals surface area contributed by atoms with Gasteiger partial charge in [0.15, 0.2) is 0 Å². The van der Waals surface area contributed by atoms with Crippen molar-refractivity contribution in [1.82, 2.24) is 10.2 Å². The molecule has 1 heterocycles. The Bertz CT molecular complexity index is 331. The molecule has 3 heteroatoms. The van der Waals surface area contributed by atoms with E-state index in [0.717, 1.165) is 5.82 Å². The molecule has 0 spiro atoms. The van der Waals surface area contributed by atoms with Crippen molar-refractivity contribution >= 4 is 5.82 Å². The smallest absolute Gasteiger partial charge is 0.149 e. The zero-order valence-corrected chi connectivity index (χ0v) is 10.5. The van der Waals surface area contributed by atoms with Crippen molar-refractivity contribution in [2.75, 3.05) is 5.32 Å². The van der Waals surface area contributed by atoms with Crippen molar-refractivity contribution in [3.05, 3.63) is 17.8 Å². The van der Waals surface area contributed by atoms with Crippen LogP contribution in [0.15, 0.2) is 12.3 Å². The van der Waals surface area contributed by atoms with Crippen LogP contribution in [0.25, 0.3) is 0 Å². The van der Waals surface area contributed by atoms with Crippen LogP contribution in [-0.2, 0) is 5.41 Å². The zero-order valence-electron chi connectivity index (χ0n) is 10.5. The van der Waals surface area contributed by atoms with Crippen LogP contribution in [0, 0.1) is 0 Å². The van der Waals surface area contributed by atoms with Gasteiger partial charge in [-0.15, -0.1) is 5.10 Å². The molecule has 0 aliphatic heterocycles. The number of aromatic nitrogens is 2. The average Bonchev–Trinajstić information content (AvgIpc) is 1.99. The van der Waals surface area contributed by atoms with Crippen molar-refractivity contribution in [3.8, 4) is 0 Å². The van der Waals surface area contributed by atoms with Crippen molar-refractivity contribution < 1.29 is 0 Å². The summed E-state index contributed by atoms with van der Waals surface area (Å²) >= 11 is 0. The largest absolute Gasteiger partial charge is 0.364 e. The lowest BCUT2D eigenvalue weighted by molar-refractivity contribution is 0.581. The molecule has 1 rings (SSSR count). The maximum absolute atomic E-state index is 4.08. The summed E-state index contributed by atoms with van der Waals surface area (Å²) < 4.78 is 0. The molecule has 0 unspecified atom stereocenters. The van der Waals surface area contributed by atoms with Gasteiger partial charge in [-0.3, -0.25) is 0 Å². The van der Waals surface area contributed by atoms with Gasteiger partial charge in [-0.1, -0.05) is 20.8 Å². The van der Waals surface area contributed by atoms with E-state index in [2.05, 4.69) is 63.1 Å². The van der Waals surface area contributed by atoms with E-state index in [4.69, 9.17) is 0 Å². The summed E-state index contributed by atoms with van der Waals surface area (Å²) in [4.78, 5) is 0. The topological polar surface area (TPSA) is 37.8 Å². The molecule has 0 saturated heterocycles. The molecule has 1 N–H and O–H groups in total. The van der Waals surface area contributed by atoms with Gasteiger partial charge in [0, 0.05) is 5.54 Å². The van der Waals surface area contributed by atoms with Crippen LogP contribution in [0.5, 0.6) is 0 Å². The zero-order chi connectivity index (χ0) is 11.7. The number of anilines is 1. The Labute approximate surface area is 92.3 Å². The molecule has 0 aromatic carbocycles. The molecule has 0 aliphatic rings. The van der Waals surface area contributed by atoms with E-state index in [1.54, 1.807) is 0 Å². The predicted octanol–water partition coefficient (Wildman–Crippen LogP) is 2.98. The van der Waals surface area contributed by atoms with Crippen molar-refractivity contribution in [2.45, 2.75) is 52.5 Å². The highest BCUT2D eigenvalue weighted by atomic mass is 15.2. The molecule has 1 aromatic heterocycles. The van der Waals surface area contributed by atoms with Gasteiger partial charge in [0.2, 0.25) is 0 Å². The van der Waals surface area contributed by atoms with Crippen LogP contribution in [-0.4, -0.2) is 15.7 Å². The molecule has 1 aromatic rings. The monoisotopic (exact) mass is 207 g/mol. The molecule has 84 valence electrons. The van der Waals surface area contributed by atoms with E-state index < -0.39 is 0 Å². The molecule has 0 atom stereocenters. The Balaban J connectivity index is 2.94. The number of nitrogens with one attached hydrogen (secondary N) is 1. The van der Waals surface area contributed by atoms with Crippen LogP contribution in [0.4, 0.5) is 5.82 Å². The Hall–Kier alpha value is -1.12. The number of hydrogen-bond donors (Lipinski definition) is 1.